The monoisotopic (exact) mass is 245 g/mol. The summed E-state index contributed by atoms with van der Waals surface area (Å²) in [6.45, 7) is 0.683. The second-order valence-electron chi connectivity index (χ2n) is 3.34. The third-order valence-corrected chi connectivity index (χ3v) is 3.08. The summed E-state index contributed by atoms with van der Waals surface area (Å²) >= 11 is 1.35. The molecule has 0 saturated heterocycles. The second kappa shape index (κ2) is 5.32. The topological polar surface area (TPSA) is 57.9 Å². The van der Waals surface area contributed by atoms with Gasteiger partial charge in [0.25, 0.3) is 0 Å². The van der Waals surface area contributed by atoms with Gasteiger partial charge in [0.05, 0.1) is 13.3 Å². The van der Waals surface area contributed by atoms with Crippen molar-refractivity contribution in [3.8, 4) is 11.8 Å². The van der Waals surface area contributed by atoms with Gasteiger partial charge in [-0.15, -0.1) is 0 Å². The largest absolute Gasteiger partial charge is 0.497 e. The Morgan fingerprint density at radius 2 is 2.18 bits per heavy atom. The number of rotatable bonds is 4. The summed E-state index contributed by atoms with van der Waals surface area (Å²) in [6.07, 6.45) is 1.57. The van der Waals surface area contributed by atoms with Crippen LogP contribution in [0.15, 0.2) is 30.5 Å². The fourth-order valence-corrected chi connectivity index (χ4v) is 1.94. The summed E-state index contributed by atoms with van der Waals surface area (Å²) < 4.78 is 5.08. The molecule has 1 aromatic heterocycles. The first kappa shape index (κ1) is 11.4. The number of nitriles is 1. The first-order valence-corrected chi connectivity index (χ1v) is 5.86. The molecular weight excluding hydrogens is 234 g/mol. The lowest BCUT2D eigenvalue weighted by Gasteiger charge is -2.04. The molecule has 4 nitrogen and oxygen atoms in total. The Morgan fingerprint density at radius 1 is 1.41 bits per heavy atom. The number of aromatic nitrogens is 1. The Labute approximate surface area is 103 Å². The zero-order chi connectivity index (χ0) is 12.1. The van der Waals surface area contributed by atoms with Gasteiger partial charge in [-0.25, -0.2) is 4.98 Å². The Balaban J connectivity index is 1.95. The van der Waals surface area contributed by atoms with E-state index in [4.69, 9.17) is 10.00 Å². The molecule has 86 valence electrons. The molecule has 0 aliphatic carbocycles. The van der Waals surface area contributed by atoms with Crippen LogP contribution in [0.5, 0.6) is 5.75 Å². The molecule has 0 unspecified atom stereocenters. The van der Waals surface area contributed by atoms with Crippen molar-refractivity contribution in [1.82, 2.24) is 4.98 Å². The number of hydrogen-bond acceptors (Lipinski definition) is 5. The summed E-state index contributed by atoms with van der Waals surface area (Å²) in [5, 5.41) is 12.6. The predicted octanol–water partition coefficient (Wildman–Crippen LogP) is 2.64. The Hall–Kier alpha value is -2.06. The van der Waals surface area contributed by atoms with Crippen LogP contribution in [0.4, 0.5) is 5.13 Å². The number of thiazole rings is 1. The molecule has 1 aromatic carbocycles. The summed E-state index contributed by atoms with van der Waals surface area (Å²) in [6, 6.07) is 9.87. The summed E-state index contributed by atoms with van der Waals surface area (Å²) in [7, 11) is 1.65. The van der Waals surface area contributed by atoms with Crippen LogP contribution in [0.2, 0.25) is 0 Å². The molecule has 0 radical (unpaired) electrons. The van der Waals surface area contributed by atoms with Gasteiger partial charge >= 0.3 is 0 Å². The van der Waals surface area contributed by atoms with Crippen LogP contribution < -0.4 is 10.1 Å². The van der Waals surface area contributed by atoms with Gasteiger partial charge in [0, 0.05) is 6.54 Å². The molecule has 0 aliphatic rings. The second-order valence-corrected chi connectivity index (χ2v) is 4.37. The van der Waals surface area contributed by atoms with E-state index in [1.807, 2.05) is 24.3 Å². The van der Waals surface area contributed by atoms with Crippen LogP contribution >= 0.6 is 11.3 Å². The Morgan fingerprint density at radius 3 is 2.76 bits per heavy atom. The van der Waals surface area contributed by atoms with E-state index in [0.29, 0.717) is 11.4 Å². The zero-order valence-corrected chi connectivity index (χ0v) is 10.1. The molecular formula is C12H11N3OS. The number of nitrogens with one attached hydrogen (secondary N) is 1. The first-order chi connectivity index (χ1) is 8.31. The number of hydrogen-bond donors (Lipinski definition) is 1. The van der Waals surface area contributed by atoms with Gasteiger partial charge < -0.3 is 10.1 Å². The lowest BCUT2D eigenvalue weighted by atomic mass is 10.2. The van der Waals surface area contributed by atoms with Gasteiger partial charge in [0.1, 0.15) is 16.7 Å². The molecule has 2 rings (SSSR count). The number of ether oxygens (including phenoxy) is 1. The highest BCUT2D eigenvalue weighted by Gasteiger charge is 2.00. The maximum Gasteiger partial charge on any atom is 0.184 e. The van der Waals surface area contributed by atoms with Crippen LogP contribution in [-0.4, -0.2) is 12.1 Å². The molecule has 0 aliphatic heterocycles. The van der Waals surface area contributed by atoms with E-state index in [9.17, 15) is 0 Å². The average Bonchev–Trinajstić information content (AvgIpc) is 2.85. The standard InChI is InChI=1S/C12H11N3OS/c1-16-10-4-2-9(3-5-10)7-14-12-15-8-11(6-13)17-12/h2-5,8H,7H2,1H3,(H,14,15). The highest BCUT2D eigenvalue weighted by Crippen LogP contribution is 2.18. The van der Waals surface area contributed by atoms with Crippen molar-refractivity contribution in [2.75, 3.05) is 12.4 Å². The van der Waals surface area contributed by atoms with Gasteiger partial charge in [-0.3, -0.25) is 0 Å². The van der Waals surface area contributed by atoms with Gasteiger partial charge in [-0.1, -0.05) is 23.5 Å². The van der Waals surface area contributed by atoms with Gasteiger partial charge in [0.2, 0.25) is 0 Å². The molecule has 5 heteroatoms. The SMILES string of the molecule is COc1ccc(CNc2ncc(C#N)s2)cc1. The maximum atomic E-state index is 8.67. The third kappa shape index (κ3) is 2.95. The van der Waals surface area contributed by atoms with Gasteiger partial charge in [0.15, 0.2) is 5.13 Å². The molecule has 17 heavy (non-hydrogen) atoms. The van der Waals surface area contributed by atoms with E-state index in [-0.39, 0.29) is 0 Å². The molecule has 0 amide bonds. The molecule has 2 aromatic rings. The molecule has 0 fully saturated rings. The van der Waals surface area contributed by atoms with E-state index in [2.05, 4.69) is 16.4 Å². The van der Waals surface area contributed by atoms with Gasteiger partial charge in [-0.05, 0) is 17.7 Å². The van der Waals surface area contributed by atoms with Crippen LogP contribution in [0.1, 0.15) is 10.4 Å². The first-order valence-electron chi connectivity index (χ1n) is 5.04. The molecule has 0 saturated carbocycles. The number of nitrogens with zero attached hydrogens (tertiary/aromatic N) is 2. The van der Waals surface area contributed by atoms with E-state index in [0.717, 1.165) is 16.4 Å². The van der Waals surface area contributed by atoms with Crippen LogP contribution in [0.25, 0.3) is 0 Å². The van der Waals surface area contributed by atoms with Crippen molar-refractivity contribution < 1.29 is 4.74 Å². The molecule has 1 N–H and O–H groups in total. The van der Waals surface area contributed by atoms with E-state index in [1.54, 1.807) is 13.3 Å². The number of benzene rings is 1. The summed E-state index contributed by atoms with van der Waals surface area (Å²) in [5.41, 5.74) is 1.14. The minimum atomic E-state index is 0.613. The van der Waals surface area contributed by atoms with Crippen molar-refractivity contribution >= 4 is 16.5 Å². The Kier molecular flexibility index (Phi) is 3.58. The minimum Gasteiger partial charge on any atom is -0.497 e. The van der Waals surface area contributed by atoms with Crippen LogP contribution in [0, 0.1) is 11.3 Å². The van der Waals surface area contributed by atoms with Crippen LogP contribution in [-0.2, 0) is 6.54 Å². The zero-order valence-electron chi connectivity index (χ0n) is 9.30. The molecule has 0 atom stereocenters. The molecule has 0 spiro atoms. The highest BCUT2D eigenvalue weighted by atomic mass is 32.1. The van der Waals surface area contributed by atoms with E-state index in [1.165, 1.54) is 11.3 Å². The molecule has 0 bridgehead atoms. The quantitative estimate of drug-likeness (QED) is 0.899. The third-order valence-electron chi connectivity index (χ3n) is 2.22. The predicted molar refractivity (Wildman–Crippen MR) is 67.1 cm³/mol. The van der Waals surface area contributed by atoms with Crippen LogP contribution in [0.3, 0.4) is 0 Å². The van der Waals surface area contributed by atoms with E-state index < -0.39 is 0 Å². The Bertz CT molecular complexity index is 527. The normalized spacial score (nSPS) is 9.65. The van der Waals surface area contributed by atoms with Crippen molar-refractivity contribution in [2.24, 2.45) is 0 Å². The number of methoxy groups -OCH3 is 1. The summed E-state index contributed by atoms with van der Waals surface area (Å²) in [4.78, 5) is 4.71. The minimum absolute atomic E-state index is 0.613. The van der Waals surface area contributed by atoms with Crippen molar-refractivity contribution in [3.05, 3.63) is 40.9 Å². The maximum absolute atomic E-state index is 8.67. The smallest absolute Gasteiger partial charge is 0.184 e. The lowest BCUT2D eigenvalue weighted by molar-refractivity contribution is 0.414. The molecule has 1 heterocycles. The van der Waals surface area contributed by atoms with Crippen molar-refractivity contribution in [1.29, 1.82) is 5.26 Å². The highest BCUT2D eigenvalue weighted by molar-refractivity contribution is 7.16. The van der Waals surface area contributed by atoms with E-state index >= 15 is 0 Å². The van der Waals surface area contributed by atoms with Crippen molar-refractivity contribution in [2.45, 2.75) is 6.54 Å². The van der Waals surface area contributed by atoms with Crippen molar-refractivity contribution in [3.63, 3.8) is 0 Å². The average molecular weight is 245 g/mol. The van der Waals surface area contributed by atoms with Gasteiger partial charge in [-0.2, -0.15) is 5.26 Å². The fraction of sp³-hybridized carbons (Fsp3) is 0.167. The lowest BCUT2D eigenvalue weighted by Crippen LogP contribution is -1.98. The summed E-state index contributed by atoms with van der Waals surface area (Å²) in [5.74, 6) is 0.842. The fourth-order valence-electron chi connectivity index (χ4n) is 1.33. The number of anilines is 1.